The van der Waals surface area contributed by atoms with Gasteiger partial charge in [-0.15, -0.1) is 0 Å². The van der Waals surface area contributed by atoms with Crippen LogP contribution in [0.5, 0.6) is 0 Å². The Morgan fingerprint density at radius 2 is 2.36 bits per heavy atom. The van der Waals surface area contributed by atoms with Crippen molar-refractivity contribution in [3.63, 3.8) is 0 Å². The molecule has 76 valence electrons. The Morgan fingerprint density at radius 1 is 1.50 bits per heavy atom. The summed E-state index contributed by atoms with van der Waals surface area (Å²) < 4.78 is 19.1. The van der Waals surface area contributed by atoms with E-state index in [0.29, 0.717) is 11.1 Å². The number of halogens is 2. The number of rotatable bonds is 1. The Hall–Kier alpha value is -0.450. The van der Waals surface area contributed by atoms with Crippen LogP contribution in [0, 0.1) is 5.82 Å². The molecule has 4 heteroatoms. The van der Waals surface area contributed by atoms with Crippen molar-refractivity contribution in [1.29, 1.82) is 0 Å². The molecule has 0 aromatic heterocycles. The molecule has 1 aliphatic rings. The minimum Gasteiger partial charge on any atom is -0.378 e. The maximum Gasteiger partial charge on any atom is 0.137 e. The normalized spacial score (nSPS) is 22.3. The van der Waals surface area contributed by atoms with Gasteiger partial charge >= 0.3 is 0 Å². The molecule has 1 unspecified atom stereocenters. The fourth-order valence-electron chi connectivity index (χ4n) is 1.55. The summed E-state index contributed by atoms with van der Waals surface area (Å²) in [6, 6.07) is 5.15. The van der Waals surface area contributed by atoms with Crippen LogP contribution in [0.25, 0.3) is 0 Å². The fourth-order valence-corrected chi connectivity index (χ4v) is 2.10. The van der Waals surface area contributed by atoms with Crippen LogP contribution in [0.4, 0.5) is 4.39 Å². The van der Waals surface area contributed by atoms with Gasteiger partial charge in [-0.05, 0) is 27.6 Å². The van der Waals surface area contributed by atoms with Gasteiger partial charge in [0, 0.05) is 6.54 Å². The van der Waals surface area contributed by atoms with E-state index >= 15 is 0 Å². The third-order valence-electron chi connectivity index (χ3n) is 2.28. The van der Waals surface area contributed by atoms with E-state index in [0.717, 1.165) is 18.7 Å². The second kappa shape index (κ2) is 4.38. The third kappa shape index (κ3) is 1.97. The lowest BCUT2D eigenvalue weighted by Crippen LogP contribution is -2.34. The minimum atomic E-state index is -0.227. The molecule has 0 radical (unpaired) electrons. The zero-order chi connectivity index (χ0) is 9.97. The van der Waals surface area contributed by atoms with Gasteiger partial charge in [-0.25, -0.2) is 4.39 Å². The summed E-state index contributed by atoms with van der Waals surface area (Å²) in [5, 5.41) is 3.28. The van der Waals surface area contributed by atoms with Crippen LogP contribution in [0.3, 0.4) is 0 Å². The van der Waals surface area contributed by atoms with Crippen molar-refractivity contribution in [2.24, 2.45) is 0 Å². The molecule has 2 nitrogen and oxygen atoms in total. The van der Waals surface area contributed by atoms with Crippen LogP contribution in [-0.2, 0) is 4.74 Å². The smallest absolute Gasteiger partial charge is 0.137 e. The Bertz CT molecular complexity index is 326. The van der Waals surface area contributed by atoms with Crippen molar-refractivity contribution in [3.05, 3.63) is 34.1 Å². The van der Waals surface area contributed by atoms with Gasteiger partial charge in [0.05, 0.1) is 23.7 Å². The summed E-state index contributed by atoms with van der Waals surface area (Å²) in [6.07, 6.45) is 0. The van der Waals surface area contributed by atoms with Crippen LogP contribution in [0.15, 0.2) is 22.7 Å². The van der Waals surface area contributed by atoms with Gasteiger partial charge in [-0.2, -0.15) is 0 Å². The first-order chi connectivity index (χ1) is 6.79. The number of hydrogen-bond acceptors (Lipinski definition) is 2. The zero-order valence-corrected chi connectivity index (χ0v) is 9.18. The van der Waals surface area contributed by atoms with Crippen molar-refractivity contribution in [2.75, 3.05) is 19.8 Å². The van der Waals surface area contributed by atoms with Gasteiger partial charge in [0.1, 0.15) is 5.82 Å². The quantitative estimate of drug-likeness (QED) is 0.836. The van der Waals surface area contributed by atoms with E-state index in [-0.39, 0.29) is 11.9 Å². The van der Waals surface area contributed by atoms with Crippen molar-refractivity contribution in [2.45, 2.75) is 6.04 Å². The molecule has 1 aliphatic heterocycles. The molecule has 1 heterocycles. The number of nitrogens with one attached hydrogen (secondary N) is 1. The molecule has 1 N–H and O–H groups in total. The molecule has 1 aromatic carbocycles. The standard InChI is InChI=1S/C10H11BrFNO/c11-10-7(2-1-3-8(10)12)9-6-14-5-4-13-9/h1-3,9,13H,4-6H2. The number of ether oxygens (including phenoxy) is 1. The first kappa shape index (κ1) is 10.1. The van der Waals surface area contributed by atoms with E-state index in [2.05, 4.69) is 21.2 Å². The highest BCUT2D eigenvalue weighted by Crippen LogP contribution is 2.27. The second-order valence-electron chi connectivity index (χ2n) is 3.22. The second-order valence-corrected chi connectivity index (χ2v) is 4.02. The first-order valence-corrected chi connectivity index (χ1v) is 5.33. The molecule has 1 saturated heterocycles. The van der Waals surface area contributed by atoms with Crippen LogP contribution in [-0.4, -0.2) is 19.8 Å². The molecule has 1 atom stereocenters. The number of hydrogen-bond donors (Lipinski definition) is 1. The molecular formula is C10H11BrFNO. The number of morpholine rings is 1. The van der Waals surface area contributed by atoms with E-state index in [9.17, 15) is 4.39 Å². The van der Waals surface area contributed by atoms with E-state index in [4.69, 9.17) is 4.74 Å². The van der Waals surface area contributed by atoms with Gasteiger partial charge in [-0.1, -0.05) is 12.1 Å². The highest BCUT2D eigenvalue weighted by Gasteiger charge is 2.18. The first-order valence-electron chi connectivity index (χ1n) is 4.54. The highest BCUT2D eigenvalue weighted by molar-refractivity contribution is 9.10. The molecule has 0 aliphatic carbocycles. The molecule has 14 heavy (non-hydrogen) atoms. The van der Waals surface area contributed by atoms with Crippen LogP contribution in [0.2, 0.25) is 0 Å². The van der Waals surface area contributed by atoms with Gasteiger partial charge in [0.15, 0.2) is 0 Å². The lowest BCUT2D eigenvalue weighted by molar-refractivity contribution is 0.0766. The Labute approximate surface area is 90.6 Å². The summed E-state index contributed by atoms with van der Waals surface area (Å²) in [5.41, 5.74) is 0.921. The topological polar surface area (TPSA) is 21.3 Å². The SMILES string of the molecule is Fc1cccc(C2COCCN2)c1Br. The Balaban J connectivity index is 2.26. The largest absolute Gasteiger partial charge is 0.378 e. The molecule has 0 saturated carbocycles. The van der Waals surface area contributed by atoms with Gasteiger partial charge in [0.25, 0.3) is 0 Å². The maximum absolute atomic E-state index is 13.2. The van der Waals surface area contributed by atoms with Gasteiger partial charge in [0.2, 0.25) is 0 Å². The lowest BCUT2D eigenvalue weighted by atomic mass is 10.1. The van der Waals surface area contributed by atoms with Crippen molar-refractivity contribution in [1.82, 2.24) is 5.32 Å². The lowest BCUT2D eigenvalue weighted by Gasteiger charge is -2.25. The fraction of sp³-hybridized carbons (Fsp3) is 0.400. The summed E-state index contributed by atoms with van der Waals surface area (Å²) >= 11 is 3.25. The van der Waals surface area contributed by atoms with Gasteiger partial charge in [-0.3, -0.25) is 0 Å². The van der Waals surface area contributed by atoms with E-state index in [1.165, 1.54) is 6.07 Å². The summed E-state index contributed by atoms with van der Waals surface area (Å²) in [7, 11) is 0. The van der Waals surface area contributed by atoms with Gasteiger partial charge < -0.3 is 10.1 Å². The monoisotopic (exact) mass is 259 g/mol. The Kier molecular flexibility index (Phi) is 3.15. The predicted molar refractivity (Wildman–Crippen MR) is 55.7 cm³/mol. The third-order valence-corrected chi connectivity index (χ3v) is 3.12. The Morgan fingerprint density at radius 3 is 3.07 bits per heavy atom. The summed E-state index contributed by atoms with van der Waals surface area (Å²) in [5.74, 6) is -0.227. The molecule has 1 fully saturated rings. The van der Waals surface area contributed by atoms with E-state index < -0.39 is 0 Å². The van der Waals surface area contributed by atoms with E-state index in [1.807, 2.05) is 6.07 Å². The predicted octanol–water partition coefficient (Wildman–Crippen LogP) is 2.25. The average Bonchev–Trinajstić information content (AvgIpc) is 2.23. The summed E-state index contributed by atoms with van der Waals surface area (Å²) in [6.45, 7) is 2.14. The minimum absolute atomic E-state index is 0.0915. The molecular weight excluding hydrogens is 249 g/mol. The highest BCUT2D eigenvalue weighted by atomic mass is 79.9. The van der Waals surface area contributed by atoms with Crippen LogP contribution >= 0.6 is 15.9 Å². The number of benzene rings is 1. The van der Waals surface area contributed by atoms with Crippen molar-refractivity contribution in [3.8, 4) is 0 Å². The molecule has 2 rings (SSSR count). The molecule has 1 aromatic rings. The van der Waals surface area contributed by atoms with Crippen molar-refractivity contribution < 1.29 is 9.13 Å². The molecule has 0 spiro atoms. The zero-order valence-electron chi connectivity index (χ0n) is 7.59. The molecule has 0 amide bonds. The summed E-state index contributed by atoms with van der Waals surface area (Å²) in [4.78, 5) is 0. The molecule has 0 bridgehead atoms. The van der Waals surface area contributed by atoms with Crippen LogP contribution in [0.1, 0.15) is 11.6 Å². The van der Waals surface area contributed by atoms with Crippen LogP contribution < -0.4 is 5.32 Å². The maximum atomic E-state index is 13.2. The average molecular weight is 260 g/mol. The van der Waals surface area contributed by atoms with E-state index in [1.54, 1.807) is 6.07 Å². The van der Waals surface area contributed by atoms with Crippen molar-refractivity contribution >= 4 is 15.9 Å².